The molecular formula is C13H26N2O. The fourth-order valence-corrected chi connectivity index (χ4v) is 2.26. The van der Waals surface area contributed by atoms with Gasteiger partial charge in [0.15, 0.2) is 0 Å². The van der Waals surface area contributed by atoms with Crippen LogP contribution in [0.25, 0.3) is 0 Å². The van der Waals surface area contributed by atoms with E-state index in [2.05, 4.69) is 12.2 Å². The van der Waals surface area contributed by atoms with Crippen molar-refractivity contribution >= 4 is 5.91 Å². The average molecular weight is 226 g/mol. The van der Waals surface area contributed by atoms with Gasteiger partial charge in [-0.15, -0.1) is 0 Å². The number of nitrogens with one attached hydrogen (secondary N) is 1. The number of hydrogen-bond donors (Lipinski definition) is 2. The molecule has 4 atom stereocenters. The van der Waals surface area contributed by atoms with Crippen LogP contribution in [0.4, 0.5) is 0 Å². The van der Waals surface area contributed by atoms with Crippen molar-refractivity contribution in [1.29, 1.82) is 0 Å². The van der Waals surface area contributed by atoms with Crippen LogP contribution in [0.3, 0.4) is 0 Å². The number of hydrogen-bond acceptors (Lipinski definition) is 2. The quantitative estimate of drug-likeness (QED) is 0.724. The maximum atomic E-state index is 11.9. The normalized spacial score (nSPS) is 30.2. The van der Waals surface area contributed by atoms with Crippen molar-refractivity contribution in [2.75, 3.05) is 0 Å². The molecule has 1 saturated carbocycles. The second-order valence-corrected chi connectivity index (χ2v) is 5.38. The zero-order chi connectivity index (χ0) is 12.1. The van der Waals surface area contributed by atoms with E-state index in [1.54, 1.807) is 0 Å². The fourth-order valence-electron chi connectivity index (χ4n) is 2.26. The van der Waals surface area contributed by atoms with Crippen molar-refractivity contribution in [3.05, 3.63) is 0 Å². The molecule has 1 rings (SSSR count). The molecule has 0 aromatic heterocycles. The molecule has 3 nitrogen and oxygen atoms in total. The van der Waals surface area contributed by atoms with E-state index in [4.69, 9.17) is 5.73 Å². The average Bonchev–Trinajstić information content (AvgIpc) is 2.43. The summed E-state index contributed by atoms with van der Waals surface area (Å²) in [5, 5.41) is 3.17. The van der Waals surface area contributed by atoms with Gasteiger partial charge in [-0.25, -0.2) is 0 Å². The van der Waals surface area contributed by atoms with Crippen LogP contribution < -0.4 is 11.1 Å². The van der Waals surface area contributed by atoms with E-state index in [0.29, 0.717) is 12.0 Å². The smallest absolute Gasteiger partial charge is 0.224 e. The molecule has 0 radical (unpaired) electrons. The van der Waals surface area contributed by atoms with Gasteiger partial charge in [0, 0.05) is 18.0 Å². The van der Waals surface area contributed by atoms with Crippen LogP contribution in [-0.4, -0.2) is 18.0 Å². The molecule has 1 aliphatic rings. The molecule has 94 valence electrons. The summed E-state index contributed by atoms with van der Waals surface area (Å²) in [6, 6.07) is 0.289. The Balaban J connectivity index is 2.48. The highest BCUT2D eigenvalue weighted by molar-refractivity contribution is 5.79. The Hall–Kier alpha value is -0.570. The Bertz CT molecular complexity index is 228. The molecule has 3 N–H and O–H groups in total. The van der Waals surface area contributed by atoms with Gasteiger partial charge < -0.3 is 11.1 Å². The van der Waals surface area contributed by atoms with E-state index in [0.717, 1.165) is 6.42 Å². The molecule has 0 spiro atoms. The minimum absolute atomic E-state index is 0.0684. The van der Waals surface area contributed by atoms with Gasteiger partial charge in [0.25, 0.3) is 0 Å². The Kier molecular flexibility index (Phi) is 5.26. The summed E-state index contributed by atoms with van der Waals surface area (Å²) in [5.74, 6) is 0.635. The van der Waals surface area contributed by atoms with Gasteiger partial charge >= 0.3 is 0 Å². The predicted octanol–water partition coefficient (Wildman–Crippen LogP) is 2.05. The van der Waals surface area contributed by atoms with Crippen LogP contribution in [0.2, 0.25) is 0 Å². The summed E-state index contributed by atoms with van der Waals surface area (Å²) in [7, 11) is 0. The third kappa shape index (κ3) is 3.78. The zero-order valence-corrected chi connectivity index (χ0v) is 10.8. The highest BCUT2D eigenvalue weighted by atomic mass is 16.1. The first-order valence-electron chi connectivity index (χ1n) is 6.58. The molecule has 1 amide bonds. The molecule has 4 unspecified atom stereocenters. The minimum Gasteiger partial charge on any atom is -0.353 e. The van der Waals surface area contributed by atoms with Gasteiger partial charge in [-0.2, -0.15) is 0 Å². The summed E-state index contributed by atoms with van der Waals surface area (Å²) >= 11 is 0. The van der Waals surface area contributed by atoms with E-state index in [1.165, 1.54) is 25.7 Å². The molecule has 16 heavy (non-hydrogen) atoms. The van der Waals surface area contributed by atoms with E-state index >= 15 is 0 Å². The topological polar surface area (TPSA) is 55.1 Å². The third-order valence-electron chi connectivity index (χ3n) is 3.89. The molecule has 0 aliphatic heterocycles. The molecule has 0 aromatic carbocycles. The van der Waals surface area contributed by atoms with E-state index in [-0.39, 0.29) is 17.9 Å². The van der Waals surface area contributed by atoms with Crippen LogP contribution in [-0.2, 0) is 4.79 Å². The van der Waals surface area contributed by atoms with E-state index in [1.807, 2.05) is 13.8 Å². The zero-order valence-electron chi connectivity index (χ0n) is 10.8. The summed E-state index contributed by atoms with van der Waals surface area (Å²) in [4.78, 5) is 11.9. The lowest BCUT2D eigenvalue weighted by molar-refractivity contribution is -0.126. The largest absolute Gasteiger partial charge is 0.353 e. The molecular weight excluding hydrogens is 200 g/mol. The van der Waals surface area contributed by atoms with Crippen LogP contribution in [0.15, 0.2) is 0 Å². The number of carbonyl (C=O) groups is 1. The van der Waals surface area contributed by atoms with Gasteiger partial charge in [0.05, 0.1) is 0 Å². The first kappa shape index (κ1) is 13.5. The Morgan fingerprint density at radius 1 is 1.25 bits per heavy atom. The van der Waals surface area contributed by atoms with E-state index in [9.17, 15) is 4.79 Å². The summed E-state index contributed by atoms with van der Waals surface area (Å²) in [6.45, 7) is 6.04. The van der Waals surface area contributed by atoms with Crippen LogP contribution in [0, 0.1) is 11.8 Å². The summed E-state index contributed by atoms with van der Waals surface area (Å²) < 4.78 is 0. The van der Waals surface area contributed by atoms with E-state index < -0.39 is 0 Å². The Labute approximate surface area is 99.2 Å². The number of carbonyl (C=O) groups excluding carboxylic acids is 1. The fraction of sp³-hybridized carbons (Fsp3) is 0.923. The summed E-state index contributed by atoms with van der Waals surface area (Å²) in [6.07, 6.45) is 6.20. The van der Waals surface area contributed by atoms with Gasteiger partial charge in [-0.3, -0.25) is 4.79 Å². The van der Waals surface area contributed by atoms with Crippen molar-refractivity contribution in [3.63, 3.8) is 0 Å². The minimum atomic E-state index is -0.0875. The number of amides is 1. The Morgan fingerprint density at radius 3 is 2.50 bits per heavy atom. The molecule has 3 heteroatoms. The van der Waals surface area contributed by atoms with Crippen LogP contribution in [0.5, 0.6) is 0 Å². The highest BCUT2D eigenvalue weighted by Crippen LogP contribution is 2.23. The van der Waals surface area contributed by atoms with Crippen molar-refractivity contribution in [1.82, 2.24) is 5.32 Å². The number of nitrogens with two attached hydrogens (primary N) is 1. The monoisotopic (exact) mass is 226 g/mol. The maximum Gasteiger partial charge on any atom is 0.224 e. The van der Waals surface area contributed by atoms with Crippen molar-refractivity contribution < 1.29 is 4.79 Å². The molecule has 0 heterocycles. The first-order valence-corrected chi connectivity index (χ1v) is 6.58. The van der Waals surface area contributed by atoms with Gasteiger partial charge in [-0.1, -0.05) is 33.1 Å². The number of rotatable bonds is 3. The molecule has 1 fully saturated rings. The van der Waals surface area contributed by atoms with Gasteiger partial charge in [0.2, 0.25) is 5.91 Å². The first-order chi connectivity index (χ1) is 7.52. The predicted molar refractivity (Wildman–Crippen MR) is 67.0 cm³/mol. The second kappa shape index (κ2) is 6.24. The molecule has 0 aromatic rings. The standard InChI is InChI=1S/C13H26N2O/c1-9-7-5-4-6-8-12(9)15-13(16)10(2)11(3)14/h9-12H,4-8,14H2,1-3H3,(H,15,16). The lowest BCUT2D eigenvalue weighted by Gasteiger charge is -2.25. The maximum absolute atomic E-state index is 11.9. The van der Waals surface area contributed by atoms with Crippen LogP contribution >= 0.6 is 0 Å². The van der Waals surface area contributed by atoms with Gasteiger partial charge in [-0.05, 0) is 25.7 Å². The van der Waals surface area contributed by atoms with Crippen molar-refractivity contribution in [2.45, 2.75) is 65.0 Å². The molecule has 0 saturated heterocycles. The van der Waals surface area contributed by atoms with Crippen LogP contribution in [0.1, 0.15) is 52.9 Å². The lowest BCUT2D eigenvalue weighted by atomic mass is 9.95. The Morgan fingerprint density at radius 2 is 1.88 bits per heavy atom. The van der Waals surface area contributed by atoms with Gasteiger partial charge in [0.1, 0.15) is 0 Å². The second-order valence-electron chi connectivity index (χ2n) is 5.38. The third-order valence-corrected chi connectivity index (χ3v) is 3.89. The SMILES string of the molecule is CC(N)C(C)C(=O)NC1CCCCCC1C. The summed E-state index contributed by atoms with van der Waals surface area (Å²) in [5.41, 5.74) is 5.75. The highest BCUT2D eigenvalue weighted by Gasteiger charge is 2.24. The van der Waals surface area contributed by atoms with Crippen molar-refractivity contribution in [3.8, 4) is 0 Å². The molecule has 1 aliphatic carbocycles. The van der Waals surface area contributed by atoms with Crippen molar-refractivity contribution in [2.24, 2.45) is 17.6 Å². The molecule has 0 bridgehead atoms. The lowest BCUT2D eigenvalue weighted by Crippen LogP contribution is -2.45.